The fourth-order valence-corrected chi connectivity index (χ4v) is 6.49. The van der Waals surface area contributed by atoms with Gasteiger partial charge in [0.15, 0.2) is 11.0 Å². The molecule has 0 aliphatic carbocycles. The quantitative estimate of drug-likeness (QED) is 0.307. The van der Waals surface area contributed by atoms with Gasteiger partial charge in [-0.2, -0.15) is 0 Å². The molecule has 2 aliphatic rings. The van der Waals surface area contributed by atoms with Crippen LogP contribution in [0.15, 0.2) is 69.9 Å². The van der Waals surface area contributed by atoms with Crippen LogP contribution in [0.4, 0.5) is 15.2 Å². The summed E-state index contributed by atoms with van der Waals surface area (Å²) in [6, 6.07) is 16.6. The van der Waals surface area contributed by atoms with E-state index in [4.69, 9.17) is 4.42 Å². The maximum absolute atomic E-state index is 14.8. The van der Waals surface area contributed by atoms with Crippen molar-refractivity contribution in [3.05, 3.63) is 115 Å². The average molecular weight is 553 g/mol. The lowest BCUT2D eigenvalue weighted by Gasteiger charge is -2.32. The van der Waals surface area contributed by atoms with Crippen LogP contribution in [0.1, 0.15) is 43.4 Å². The molecule has 0 fully saturated rings. The highest BCUT2D eigenvalue weighted by atomic mass is 32.1. The van der Waals surface area contributed by atoms with Crippen molar-refractivity contribution >= 4 is 44.9 Å². The van der Waals surface area contributed by atoms with Crippen molar-refractivity contribution in [1.29, 1.82) is 0 Å². The monoisotopic (exact) mass is 552 g/mol. The molecule has 0 saturated heterocycles. The van der Waals surface area contributed by atoms with Gasteiger partial charge >= 0.3 is 0 Å². The molecule has 2 aromatic heterocycles. The normalized spacial score (nSPS) is 17.8. The highest BCUT2D eigenvalue weighted by Gasteiger charge is 2.66. The van der Waals surface area contributed by atoms with Crippen molar-refractivity contribution in [2.75, 3.05) is 9.80 Å². The minimum Gasteiger partial charge on any atom is -0.450 e. The Balaban J connectivity index is 1.58. The second-order valence-electron chi connectivity index (χ2n) is 10.0. The number of benzene rings is 3. The van der Waals surface area contributed by atoms with Gasteiger partial charge in [0.2, 0.25) is 10.9 Å². The molecule has 5 aromatic rings. The van der Waals surface area contributed by atoms with Gasteiger partial charge in [0.05, 0.1) is 23.2 Å². The molecule has 1 spiro atoms. The van der Waals surface area contributed by atoms with E-state index in [9.17, 15) is 18.8 Å². The molecule has 3 aromatic carbocycles. The van der Waals surface area contributed by atoms with Crippen molar-refractivity contribution in [2.45, 2.75) is 32.9 Å². The molecule has 2 amide bonds. The van der Waals surface area contributed by atoms with Gasteiger partial charge < -0.3 is 9.32 Å². The Morgan fingerprint density at radius 2 is 1.68 bits per heavy atom. The van der Waals surface area contributed by atoms with Gasteiger partial charge in [0, 0.05) is 11.1 Å². The SMILES string of the molecule is Cc1nnc(N2C(=O)c3oc4cc(C)c(C)cc4c(=O)c3C23C(=O)N(Cc2ccccc2F)c2ccccc23)s1. The summed E-state index contributed by atoms with van der Waals surface area (Å²) in [5.41, 5.74) is 0.721. The Kier molecular flexibility index (Phi) is 5.11. The van der Waals surface area contributed by atoms with Crippen LogP contribution in [0.5, 0.6) is 0 Å². The number of halogens is 1. The van der Waals surface area contributed by atoms with Crippen LogP contribution < -0.4 is 15.2 Å². The van der Waals surface area contributed by atoms with Crippen molar-refractivity contribution in [2.24, 2.45) is 0 Å². The molecule has 0 radical (unpaired) electrons. The first-order chi connectivity index (χ1) is 19.2. The number of fused-ring (bicyclic) bond motifs is 5. The van der Waals surface area contributed by atoms with Crippen molar-refractivity contribution in [3.8, 4) is 0 Å². The maximum atomic E-state index is 14.8. The summed E-state index contributed by atoms with van der Waals surface area (Å²) in [7, 11) is 0. The largest absolute Gasteiger partial charge is 0.450 e. The number of carbonyl (C=O) groups excluding carboxylic acids is 2. The number of carbonyl (C=O) groups is 2. The summed E-state index contributed by atoms with van der Waals surface area (Å²) in [5, 5.41) is 9.29. The maximum Gasteiger partial charge on any atom is 0.297 e. The molecule has 1 unspecified atom stereocenters. The Labute approximate surface area is 231 Å². The van der Waals surface area contributed by atoms with E-state index in [1.54, 1.807) is 61.5 Å². The Bertz CT molecular complexity index is 1980. The Hall–Kier alpha value is -4.70. The highest BCUT2D eigenvalue weighted by molar-refractivity contribution is 7.15. The predicted molar refractivity (Wildman–Crippen MR) is 148 cm³/mol. The first kappa shape index (κ1) is 24.3. The minimum atomic E-state index is -1.91. The summed E-state index contributed by atoms with van der Waals surface area (Å²) in [6.07, 6.45) is 0. The van der Waals surface area contributed by atoms with Gasteiger partial charge in [0.1, 0.15) is 16.4 Å². The van der Waals surface area contributed by atoms with Gasteiger partial charge in [-0.3, -0.25) is 19.3 Å². The molecule has 10 heteroatoms. The van der Waals surface area contributed by atoms with Crippen molar-refractivity contribution in [3.63, 3.8) is 0 Å². The van der Waals surface area contributed by atoms with Crippen LogP contribution >= 0.6 is 11.3 Å². The van der Waals surface area contributed by atoms with Crippen LogP contribution in [0.2, 0.25) is 0 Å². The third kappa shape index (κ3) is 3.07. The lowest BCUT2D eigenvalue weighted by Crippen LogP contribution is -2.53. The molecule has 2 aliphatic heterocycles. The summed E-state index contributed by atoms with van der Waals surface area (Å²) >= 11 is 1.13. The first-order valence-corrected chi connectivity index (χ1v) is 13.4. The molecule has 0 bridgehead atoms. The molecule has 0 saturated carbocycles. The molecule has 7 rings (SSSR count). The van der Waals surface area contributed by atoms with Crippen LogP contribution in [-0.2, 0) is 16.9 Å². The zero-order chi connectivity index (χ0) is 27.9. The standard InChI is InChI=1S/C30H21FN4O4S/c1-15-12-19-23(13-16(15)2)39-26-24(25(19)36)30(35(27(26)37)29-33-32-17(3)40-29)20-9-5-7-11-22(20)34(28(30)38)14-18-8-4-6-10-21(18)31/h4-13H,14H2,1-3H3. The number of aromatic nitrogens is 2. The summed E-state index contributed by atoms with van der Waals surface area (Å²) < 4.78 is 20.9. The number of anilines is 2. The second-order valence-corrected chi connectivity index (χ2v) is 11.2. The van der Waals surface area contributed by atoms with Gasteiger partial charge in [-0.15, -0.1) is 10.2 Å². The third-order valence-electron chi connectivity index (χ3n) is 7.73. The van der Waals surface area contributed by atoms with Gasteiger partial charge in [0.25, 0.3) is 11.8 Å². The third-order valence-corrected chi connectivity index (χ3v) is 8.56. The molecular weight excluding hydrogens is 531 g/mol. The lowest BCUT2D eigenvalue weighted by molar-refractivity contribution is -0.121. The van der Waals surface area contributed by atoms with E-state index in [-0.39, 0.29) is 34.0 Å². The number of nitrogens with zero attached hydrogens (tertiary/aromatic N) is 4. The smallest absolute Gasteiger partial charge is 0.297 e. The second kappa shape index (κ2) is 8.40. The average Bonchev–Trinajstić information content (AvgIpc) is 3.55. The van der Waals surface area contributed by atoms with Crippen LogP contribution in [0.3, 0.4) is 0 Å². The fraction of sp³-hybridized carbons (Fsp3) is 0.167. The molecule has 40 heavy (non-hydrogen) atoms. The minimum absolute atomic E-state index is 0.0745. The van der Waals surface area contributed by atoms with Crippen molar-refractivity contribution in [1.82, 2.24) is 10.2 Å². The molecule has 4 heterocycles. The van der Waals surface area contributed by atoms with Crippen LogP contribution in [0, 0.1) is 26.6 Å². The molecule has 198 valence electrons. The van der Waals surface area contributed by atoms with Crippen LogP contribution in [0.25, 0.3) is 11.0 Å². The van der Waals surface area contributed by atoms with E-state index < -0.39 is 28.6 Å². The van der Waals surface area contributed by atoms with E-state index in [0.717, 1.165) is 22.5 Å². The van der Waals surface area contributed by atoms with E-state index in [1.807, 2.05) is 13.8 Å². The van der Waals surface area contributed by atoms with Gasteiger partial charge in [-0.05, 0) is 56.2 Å². The van der Waals surface area contributed by atoms with E-state index in [2.05, 4.69) is 10.2 Å². The predicted octanol–water partition coefficient (Wildman–Crippen LogP) is 5.16. The number of hydrogen-bond donors (Lipinski definition) is 0. The molecule has 0 N–H and O–H groups in total. The van der Waals surface area contributed by atoms with Crippen LogP contribution in [-0.4, -0.2) is 22.0 Å². The number of amides is 2. The van der Waals surface area contributed by atoms with Gasteiger partial charge in [-0.25, -0.2) is 4.39 Å². The molecule has 8 nitrogen and oxygen atoms in total. The number of hydrogen-bond acceptors (Lipinski definition) is 7. The zero-order valence-electron chi connectivity index (χ0n) is 21.7. The lowest BCUT2D eigenvalue weighted by atomic mass is 9.84. The number of rotatable bonds is 3. The van der Waals surface area contributed by atoms with Crippen molar-refractivity contribution < 1.29 is 18.4 Å². The summed E-state index contributed by atoms with van der Waals surface area (Å²) in [5.74, 6) is -1.93. The Morgan fingerprint density at radius 3 is 2.42 bits per heavy atom. The number of aryl methyl sites for hydroxylation is 3. The molecule has 1 atom stereocenters. The zero-order valence-corrected chi connectivity index (χ0v) is 22.5. The van der Waals surface area contributed by atoms with E-state index in [0.29, 0.717) is 21.8 Å². The number of para-hydroxylation sites is 1. The van der Waals surface area contributed by atoms with Gasteiger partial charge in [-0.1, -0.05) is 47.7 Å². The first-order valence-electron chi connectivity index (χ1n) is 12.6. The summed E-state index contributed by atoms with van der Waals surface area (Å²) in [6.45, 7) is 5.40. The fourth-order valence-electron chi connectivity index (χ4n) is 5.75. The van der Waals surface area contributed by atoms with E-state index >= 15 is 0 Å². The Morgan fingerprint density at radius 1 is 0.950 bits per heavy atom. The topological polar surface area (TPSA) is 96.6 Å². The molecular formula is C30H21FN4O4S. The van der Waals surface area contributed by atoms with E-state index in [1.165, 1.54) is 15.9 Å². The summed E-state index contributed by atoms with van der Waals surface area (Å²) in [4.78, 5) is 46.0. The highest BCUT2D eigenvalue weighted by Crippen LogP contribution is 2.54.